The zero-order valence-electron chi connectivity index (χ0n) is 9.70. The minimum atomic E-state index is -0.480. The lowest BCUT2D eigenvalue weighted by atomic mass is 10.3. The maximum absolute atomic E-state index is 11.5. The van der Waals surface area contributed by atoms with Gasteiger partial charge in [0.15, 0.2) is 0 Å². The molecule has 0 bridgehead atoms. The number of aromatic nitrogens is 1. The van der Waals surface area contributed by atoms with Crippen LogP contribution >= 0.6 is 0 Å². The van der Waals surface area contributed by atoms with Gasteiger partial charge in [-0.05, 0) is 18.2 Å². The van der Waals surface area contributed by atoms with Gasteiger partial charge in [-0.3, -0.25) is 0 Å². The summed E-state index contributed by atoms with van der Waals surface area (Å²) >= 11 is 0. The zero-order valence-corrected chi connectivity index (χ0v) is 9.70. The summed E-state index contributed by atoms with van der Waals surface area (Å²) in [5, 5.41) is 0. The lowest BCUT2D eigenvalue weighted by Crippen LogP contribution is -2.04. The second-order valence-corrected chi connectivity index (χ2v) is 3.84. The highest BCUT2D eigenvalue weighted by Gasteiger charge is 2.19. The number of nitrogens with zero attached hydrogens (tertiary/aromatic N) is 1. The van der Waals surface area contributed by atoms with Crippen molar-refractivity contribution in [3.05, 3.63) is 54.2 Å². The minimum Gasteiger partial charge on any atom is -0.465 e. The largest absolute Gasteiger partial charge is 0.465 e. The number of pyridine rings is 1. The highest BCUT2D eigenvalue weighted by Crippen LogP contribution is 2.25. The van der Waals surface area contributed by atoms with Crippen molar-refractivity contribution in [2.45, 2.75) is 6.29 Å². The predicted molar refractivity (Wildman–Crippen MR) is 62.8 cm³/mol. The Kier molecular flexibility index (Phi) is 2.44. The van der Waals surface area contributed by atoms with Gasteiger partial charge in [0.25, 0.3) is 6.29 Å². The van der Waals surface area contributed by atoms with Gasteiger partial charge in [0.1, 0.15) is 18.2 Å². The Hall–Kier alpha value is -2.43. The molecule has 0 saturated carbocycles. The molecule has 0 amide bonds. The van der Waals surface area contributed by atoms with Gasteiger partial charge < -0.3 is 18.6 Å². The van der Waals surface area contributed by atoms with Crippen LogP contribution in [0, 0.1) is 0 Å². The summed E-state index contributed by atoms with van der Waals surface area (Å²) in [6.45, 7) is 0. The predicted octanol–water partition coefficient (Wildman–Crippen LogP) is 2.24. The molecule has 0 aliphatic carbocycles. The molecule has 0 fully saturated rings. The first-order valence-electron chi connectivity index (χ1n) is 5.45. The standard InChI is InChI=1S/C13H11NO4/c1-16-12(15)9-7-10-3-2-4-11(14(10)8-9)13-17-5-6-18-13/h2-8,13H,1H3. The van der Waals surface area contributed by atoms with Gasteiger partial charge in [0.05, 0.1) is 12.7 Å². The molecular formula is C13H11NO4. The molecule has 3 rings (SSSR count). The summed E-state index contributed by atoms with van der Waals surface area (Å²) in [5.41, 5.74) is 2.19. The molecule has 92 valence electrons. The fourth-order valence-corrected chi connectivity index (χ4v) is 1.96. The van der Waals surface area contributed by atoms with Crippen LogP contribution in [0.15, 0.2) is 43.0 Å². The molecule has 2 aromatic heterocycles. The van der Waals surface area contributed by atoms with Crippen molar-refractivity contribution in [3.8, 4) is 0 Å². The van der Waals surface area contributed by atoms with E-state index in [-0.39, 0.29) is 5.97 Å². The van der Waals surface area contributed by atoms with E-state index in [0.717, 1.165) is 11.2 Å². The van der Waals surface area contributed by atoms with E-state index in [9.17, 15) is 4.79 Å². The van der Waals surface area contributed by atoms with Crippen LogP contribution in [0.25, 0.3) is 5.52 Å². The molecule has 0 saturated heterocycles. The van der Waals surface area contributed by atoms with Crippen molar-refractivity contribution < 1.29 is 19.0 Å². The summed E-state index contributed by atoms with van der Waals surface area (Å²) in [5.74, 6) is -0.365. The molecule has 1 aliphatic rings. The summed E-state index contributed by atoms with van der Waals surface area (Å²) in [4.78, 5) is 11.5. The molecule has 0 unspecified atom stereocenters. The third kappa shape index (κ3) is 1.60. The lowest BCUT2D eigenvalue weighted by Gasteiger charge is -2.12. The number of esters is 1. The maximum Gasteiger partial charge on any atom is 0.339 e. The topological polar surface area (TPSA) is 49.2 Å². The van der Waals surface area contributed by atoms with Crippen LogP contribution in [0.5, 0.6) is 0 Å². The van der Waals surface area contributed by atoms with Crippen molar-refractivity contribution in [3.63, 3.8) is 0 Å². The summed E-state index contributed by atoms with van der Waals surface area (Å²) < 4.78 is 17.2. The van der Waals surface area contributed by atoms with E-state index in [0.29, 0.717) is 5.56 Å². The monoisotopic (exact) mass is 245 g/mol. The molecule has 1 aliphatic heterocycles. The number of ether oxygens (including phenoxy) is 3. The van der Waals surface area contributed by atoms with Gasteiger partial charge in [0, 0.05) is 11.7 Å². The molecule has 0 atom stereocenters. The van der Waals surface area contributed by atoms with Gasteiger partial charge in [-0.1, -0.05) is 6.07 Å². The fourth-order valence-electron chi connectivity index (χ4n) is 1.96. The highest BCUT2D eigenvalue weighted by atomic mass is 16.7. The second kappa shape index (κ2) is 4.10. The van der Waals surface area contributed by atoms with E-state index < -0.39 is 6.29 Å². The first-order chi connectivity index (χ1) is 8.79. The van der Waals surface area contributed by atoms with Crippen molar-refractivity contribution in [1.82, 2.24) is 4.40 Å². The average Bonchev–Trinajstić information content (AvgIpc) is 3.05. The quantitative estimate of drug-likeness (QED) is 0.761. The van der Waals surface area contributed by atoms with E-state index >= 15 is 0 Å². The number of carbonyl (C=O) groups is 1. The summed E-state index contributed by atoms with van der Waals surface area (Å²) in [6, 6.07) is 7.43. The van der Waals surface area contributed by atoms with Gasteiger partial charge in [-0.15, -0.1) is 0 Å². The van der Waals surface area contributed by atoms with Crippen molar-refractivity contribution >= 4 is 11.5 Å². The average molecular weight is 245 g/mol. The molecule has 0 spiro atoms. The van der Waals surface area contributed by atoms with Gasteiger partial charge in [-0.25, -0.2) is 4.79 Å². The number of carbonyl (C=O) groups excluding carboxylic acids is 1. The normalized spacial score (nSPS) is 14.5. The zero-order chi connectivity index (χ0) is 12.5. The van der Waals surface area contributed by atoms with Crippen LogP contribution in [-0.4, -0.2) is 17.5 Å². The van der Waals surface area contributed by atoms with Crippen LogP contribution in [0.4, 0.5) is 0 Å². The van der Waals surface area contributed by atoms with Crippen LogP contribution in [0.2, 0.25) is 0 Å². The molecule has 0 N–H and O–H groups in total. The third-order valence-electron chi connectivity index (χ3n) is 2.78. The Labute approximate surface area is 103 Å². The molecule has 0 aromatic carbocycles. The molecule has 18 heavy (non-hydrogen) atoms. The van der Waals surface area contributed by atoms with E-state index in [1.54, 1.807) is 12.3 Å². The number of rotatable bonds is 2. The van der Waals surface area contributed by atoms with Crippen LogP contribution < -0.4 is 0 Å². The Balaban J connectivity index is 2.09. The van der Waals surface area contributed by atoms with Gasteiger partial charge in [0.2, 0.25) is 0 Å². The third-order valence-corrected chi connectivity index (χ3v) is 2.78. The number of fused-ring (bicyclic) bond motifs is 1. The highest BCUT2D eigenvalue weighted by molar-refractivity contribution is 5.91. The van der Waals surface area contributed by atoms with E-state index in [1.807, 2.05) is 22.6 Å². The lowest BCUT2D eigenvalue weighted by molar-refractivity contribution is -0.0287. The van der Waals surface area contributed by atoms with Crippen LogP contribution in [-0.2, 0) is 14.2 Å². The summed E-state index contributed by atoms with van der Waals surface area (Å²) in [7, 11) is 1.36. The summed E-state index contributed by atoms with van der Waals surface area (Å²) in [6.07, 6.45) is 4.22. The van der Waals surface area contributed by atoms with E-state index in [4.69, 9.17) is 14.2 Å². The Morgan fingerprint density at radius 2 is 2.11 bits per heavy atom. The molecule has 0 radical (unpaired) electrons. The first-order valence-corrected chi connectivity index (χ1v) is 5.45. The smallest absolute Gasteiger partial charge is 0.339 e. The molecular weight excluding hydrogens is 234 g/mol. The van der Waals surface area contributed by atoms with Crippen molar-refractivity contribution in [1.29, 1.82) is 0 Å². The number of hydrogen-bond acceptors (Lipinski definition) is 4. The Bertz CT molecular complexity index is 621. The molecule has 5 heteroatoms. The SMILES string of the molecule is COC(=O)c1cc2cccc(C3OC=CO3)n2c1. The first kappa shape index (κ1) is 10.7. The van der Waals surface area contributed by atoms with Crippen LogP contribution in [0.3, 0.4) is 0 Å². The van der Waals surface area contributed by atoms with Gasteiger partial charge >= 0.3 is 5.97 Å². The van der Waals surface area contributed by atoms with Gasteiger partial charge in [-0.2, -0.15) is 0 Å². The second-order valence-electron chi connectivity index (χ2n) is 3.84. The Morgan fingerprint density at radius 1 is 1.33 bits per heavy atom. The Morgan fingerprint density at radius 3 is 2.83 bits per heavy atom. The van der Waals surface area contributed by atoms with Crippen molar-refractivity contribution in [2.75, 3.05) is 7.11 Å². The molecule has 2 aromatic rings. The molecule has 5 nitrogen and oxygen atoms in total. The number of hydrogen-bond donors (Lipinski definition) is 0. The molecule has 3 heterocycles. The maximum atomic E-state index is 11.5. The van der Waals surface area contributed by atoms with E-state index in [1.165, 1.54) is 19.6 Å². The van der Waals surface area contributed by atoms with Crippen molar-refractivity contribution in [2.24, 2.45) is 0 Å². The van der Waals surface area contributed by atoms with E-state index in [2.05, 4.69) is 0 Å². The van der Waals surface area contributed by atoms with Crippen LogP contribution in [0.1, 0.15) is 22.3 Å². The number of methoxy groups -OCH3 is 1. The minimum absolute atomic E-state index is 0.365. The fraction of sp³-hybridized carbons (Fsp3) is 0.154.